The van der Waals surface area contributed by atoms with E-state index in [0.717, 1.165) is 21.8 Å². The first-order chi connectivity index (χ1) is 14.9. The first kappa shape index (κ1) is 21.0. The molecule has 2 N–H and O–H groups in total. The zero-order valence-electron chi connectivity index (χ0n) is 17.4. The summed E-state index contributed by atoms with van der Waals surface area (Å²) in [6.07, 6.45) is 1.08. The minimum Gasteiger partial charge on any atom is -0.457 e. The van der Waals surface area contributed by atoms with E-state index in [1.807, 2.05) is 32.0 Å². The lowest BCUT2D eigenvalue weighted by atomic mass is 10.1. The van der Waals surface area contributed by atoms with Crippen LogP contribution in [0.2, 0.25) is 5.02 Å². The van der Waals surface area contributed by atoms with Gasteiger partial charge in [-0.15, -0.1) is 0 Å². The van der Waals surface area contributed by atoms with Crippen molar-refractivity contribution in [1.82, 2.24) is 15.3 Å². The van der Waals surface area contributed by atoms with Gasteiger partial charge in [-0.05, 0) is 56.3 Å². The van der Waals surface area contributed by atoms with Crippen LogP contribution in [0.5, 0.6) is 17.4 Å². The van der Waals surface area contributed by atoms with Crippen molar-refractivity contribution < 1.29 is 19.0 Å². The molecule has 2 aromatic heterocycles. The molecule has 0 spiro atoms. The number of aromatic amines is 1. The maximum Gasteiger partial charge on any atom is 0.414 e. The predicted octanol–water partition coefficient (Wildman–Crippen LogP) is 5.81. The summed E-state index contributed by atoms with van der Waals surface area (Å²) < 4.78 is 16.8. The molecule has 2 aromatic carbocycles. The van der Waals surface area contributed by atoms with Crippen molar-refractivity contribution >= 4 is 39.5 Å². The average Bonchev–Trinajstić information content (AvgIpc) is 3.09. The van der Waals surface area contributed by atoms with Gasteiger partial charge in [-0.25, -0.2) is 9.78 Å². The Morgan fingerprint density at radius 1 is 1.13 bits per heavy atom. The maximum atomic E-state index is 12.1. The van der Waals surface area contributed by atoms with Gasteiger partial charge in [0, 0.05) is 34.5 Å². The van der Waals surface area contributed by atoms with E-state index in [-0.39, 0.29) is 18.5 Å². The van der Waals surface area contributed by atoms with Crippen molar-refractivity contribution in [3.05, 3.63) is 59.2 Å². The molecular formula is C23H22ClN3O4. The molecule has 31 heavy (non-hydrogen) atoms. The van der Waals surface area contributed by atoms with Gasteiger partial charge >= 0.3 is 6.09 Å². The second-order valence-corrected chi connectivity index (χ2v) is 7.78. The number of aromatic nitrogens is 2. The molecule has 160 valence electrons. The highest BCUT2D eigenvalue weighted by atomic mass is 35.5. The van der Waals surface area contributed by atoms with Crippen molar-refractivity contribution in [1.29, 1.82) is 0 Å². The Hall–Kier alpha value is -3.29. The Balaban J connectivity index is 1.78. The van der Waals surface area contributed by atoms with Gasteiger partial charge in [-0.1, -0.05) is 11.6 Å². The predicted molar refractivity (Wildman–Crippen MR) is 120 cm³/mol. The molecule has 0 radical (unpaired) electrons. The van der Waals surface area contributed by atoms with Gasteiger partial charge in [0.25, 0.3) is 0 Å². The standard InChI is InChI=1S/C23H22ClN3O4/c1-13(2)26-23(28)31-22-18(12-29-3)21-17-10-16(30-15-6-4-14(24)5-7-15)8-9-19(17)27-20(21)11-25-22/h4-11,13,27H,12H2,1-3H3,(H,26,28). The normalized spacial score (nSPS) is 11.3. The third-order valence-electron chi connectivity index (χ3n) is 4.60. The zero-order chi connectivity index (χ0) is 22.0. The number of benzene rings is 2. The number of ether oxygens (including phenoxy) is 3. The highest BCUT2D eigenvalue weighted by Gasteiger charge is 2.18. The number of hydrogen-bond acceptors (Lipinski definition) is 5. The first-order valence-electron chi connectivity index (χ1n) is 9.78. The molecule has 0 saturated heterocycles. The second-order valence-electron chi connectivity index (χ2n) is 7.34. The molecule has 2 heterocycles. The number of fused-ring (bicyclic) bond motifs is 3. The van der Waals surface area contributed by atoms with E-state index in [9.17, 15) is 4.79 Å². The molecule has 0 saturated carbocycles. The highest BCUT2D eigenvalue weighted by molar-refractivity contribution is 6.30. The summed E-state index contributed by atoms with van der Waals surface area (Å²) in [6, 6.07) is 12.8. The number of H-pyrrole nitrogens is 1. The summed E-state index contributed by atoms with van der Waals surface area (Å²) in [6.45, 7) is 3.94. The number of halogens is 1. The lowest BCUT2D eigenvalue weighted by Crippen LogP contribution is -2.33. The third kappa shape index (κ3) is 4.57. The summed E-state index contributed by atoms with van der Waals surface area (Å²) in [5, 5.41) is 5.11. The number of rotatable bonds is 6. The number of nitrogens with zero attached hydrogens (tertiary/aromatic N) is 1. The number of amides is 1. The molecule has 0 aliphatic rings. The summed E-state index contributed by atoms with van der Waals surface area (Å²) in [7, 11) is 1.58. The van der Waals surface area contributed by atoms with Crippen LogP contribution in [0.15, 0.2) is 48.7 Å². The average molecular weight is 440 g/mol. The quantitative estimate of drug-likeness (QED) is 0.396. The van der Waals surface area contributed by atoms with Gasteiger partial charge in [0.2, 0.25) is 5.88 Å². The fraction of sp³-hybridized carbons (Fsp3) is 0.217. The number of hydrogen-bond donors (Lipinski definition) is 2. The number of carbonyl (C=O) groups is 1. The molecule has 4 rings (SSSR count). The number of carbonyl (C=O) groups excluding carboxylic acids is 1. The summed E-state index contributed by atoms with van der Waals surface area (Å²) in [4.78, 5) is 19.8. The highest BCUT2D eigenvalue weighted by Crippen LogP contribution is 2.35. The molecule has 0 aliphatic carbocycles. The minimum atomic E-state index is -0.564. The topological polar surface area (TPSA) is 85.5 Å². The van der Waals surface area contributed by atoms with Crippen molar-refractivity contribution in [2.75, 3.05) is 7.11 Å². The Bertz CT molecular complexity index is 1240. The summed E-state index contributed by atoms with van der Waals surface area (Å²) in [5.41, 5.74) is 2.39. The Kier molecular flexibility index (Phi) is 5.97. The molecule has 0 aliphatic heterocycles. The molecule has 0 bridgehead atoms. The molecular weight excluding hydrogens is 418 g/mol. The number of nitrogens with one attached hydrogen (secondary N) is 2. The lowest BCUT2D eigenvalue weighted by molar-refractivity contribution is 0.176. The molecule has 0 atom stereocenters. The van der Waals surface area contributed by atoms with E-state index in [1.165, 1.54) is 0 Å². The van der Waals surface area contributed by atoms with E-state index >= 15 is 0 Å². The molecule has 0 fully saturated rings. The maximum absolute atomic E-state index is 12.1. The molecule has 1 amide bonds. The van der Waals surface area contributed by atoms with Gasteiger partial charge in [-0.3, -0.25) is 0 Å². The molecule has 0 unspecified atom stereocenters. The number of methoxy groups -OCH3 is 1. The molecule has 7 nitrogen and oxygen atoms in total. The van der Waals surface area contributed by atoms with Crippen LogP contribution in [-0.2, 0) is 11.3 Å². The molecule has 8 heteroatoms. The van der Waals surface area contributed by atoms with Crippen LogP contribution in [0.25, 0.3) is 21.8 Å². The van der Waals surface area contributed by atoms with Crippen molar-refractivity contribution in [2.24, 2.45) is 0 Å². The SMILES string of the molecule is COCc1c(OC(=O)NC(C)C)ncc2[nH]c3ccc(Oc4ccc(Cl)cc4)cc3c12. The van der Waals surface area contributed by atoms with E-state index in [2.05, 4.69) is 15.3 Å². The van der Waals surface area contributed by atoms with Crippen LogP contribution < -0.4 is 14.8 Å². The zero-order valence-corrected chi connectivity index (χ0v) is 18.1. The van der Waals surface area contributed by atoms with Gasteiger partial charge in [-0.2, -0.15) is 0 Å². The monoisotopic (exact) mass is 439 g/mol. The largest absolute Gasteiger partial charge is 0.457 e. The van der Waals surface area contributed by atoms with E-state index in [1.54, 1.807) is 37.6 Å². The Morgan fingerprint density at radius 2 is 1.87 bits per heavy atom. The van der Waals surface area contributed by atoms with E-state index in [4.69, 9.17) is 25.8 Å². The lowest BCUT2D eigenvalue weighted by Gasteiger charge is -2.12. The van der Waals surface area contributed by atoms with Gasteiger partial charge in [0.15, 0.2) is 0 Å². The first-order valence-corrected chi connectivity index (χ1v) is 10.2. The third-order valence-corrected chi connectivity index (χ3v) is 4.86. The second kappa shape index (κ2) is 8.83. The Morgan fingerprint density at radius 3 is 2.58 bits per heavy atom. The van der Waals surface area contributed by atoms with Gasteiger partial charge in [0.05, 0.1) is 23.9 Å². The van der Waals surface area contributed by atoms with Crippen LogP contribution in [0.1, 0.15) is 19.4 Å². The number of pyridine rings is 1. The van der Waals surface area contributed by atoms with Crippen molar-refractivity contribution in [2.45, 2.75) is 26.5 Å². The minimum absolute atomic E-state index is 0.0530. The van der Waals surface area contributed by atoms with Crippen LogP contribution in [0.3, 0.4) is 0 Å². The summed E-state index contributed by atoms with van der Waals surface area (Å²) in [5.74, 6) is 1.55. The fourth-order valence-electron chi connectivity index (χ4n) is 3.34. The fourth-order valence-corrected chi connectivity index (χ4v) is 3.47. The van der Waals surface area contributed by atoms with Crippen molar-refractivity contribution in [3.63, 3.8) is 0 Å². The van der Waals surface area contributed by atoms with E-state index < -0.39 is 6.09 Å². The van der Waals surface area contributed by atoms with Crippen molar-refractivity contribution in [3.8, 4) is 17.4 Å². The van der Waals surface area contributed by atoms with Gasteiger partial charge < -0.3 is 24.5 Å². The van der Waals surface area contributed by atoms with Crippen LogP contribution in [0, 0.1) is 0 Å². The molecule has 4 aromatic rings. The van der Waals surface area contributed by atoms with Crippen LogP contribution >= 0.6 is 11.6 Å². The van der Waals surface area contributed by atoms with Crippen LogP contribution in [0.4, 0.5) is 4.79 Å². The van der Waals surface area contributed by atoms with E-state index in [0.29, 0.717) is 22.1 Å². The van der Waals surface area contributed by atoms with Gasteiger partial charge in [0.1, 0.15) is 11.5 Å². The smallest absolute Gasteiger partial charge is 0.414 e. The van der Waals surface area contributed by atoms with Crippen LogP contribution in [-0.4, -0.2) is 29.2 Å². The Labute approximate surface area is 184 Å². The summed E-state index contributed by atoms with van der Waals surface area (Å²) >= 11 is 5.95.